The number of hydrogen-bond donors (Lipinski definition) is 2. The minimum Gasteiger partial charge on any atom is -0.368 e. The molecule has 2 heterocycles. The predicted octanol–water partition coefficient (Wildman–Crippen LogP) is 3.47. The highest BCUT2D eigenvalue weighted by molar-refractivity contribution is 6.31. The second kappa shape index (κ2) is 6.06. The second-order valence-corrected chi connectivity index (χ2v) is 7.97. The molecule has 1 aromatic carbocycles. The number of halogens is 1. The number of carbonyl (C=O) groups excluding carboxylic acids is 2. The first-order valence-corrected chi connectivity index (χ1v) is 9.24. The van der Waals surface area contributed by atoms with E-state index in [9.17, 15) is 9.59 Å². The third kappa shape index (κ3) is 2.91. The highest BCUT2D eigenvalue weighted by Gasteiger charge is 2.48. The van der Waals surface area contributed by atoms with E-state index in [1.165, 1.54) is 19.3 Å². The Balaban J connectivity index is 1.65. The lowest BCUT2D eigenvalue weighted by Gasteiger charge is -2.32. The molecule has 1 saturated carbocycles. The van der Waals surface area contributed by atoms with Crippen molar-refractivity contribution < 1.29 is 9.59 Å². The maximum atomic E-state index is 13.1. The Morgan fingerprint density at radius 2 is 1.96 bits per heavy atom. The first-order valence-electron chi connectivity index (χ1n) is 8.86. The smallest absolute Gasteiger partial charge is 0.271 e. The molecule has 2 aromatic rings. The lowest BCUT2D eigenvalue weighted by molar-refractivity contribution is -0.121. The van der Waals surface area contributed by atoms with Crippen LogP contribution in [0.2, 0.25) is 5.02 Å². The lowest BCUT2D eigenvalue weighted by Crippen LogP contribution is -2.44. The lowest BCUT2D eigenvalue weighted by atomic mass is 9.72. The number of rotatable bonds is 2. The number of nitrogens with two attached hydrogens (primary N) is 1. The molecule has 25 heavy (non-hydrogen) atoms. The van der Waals surface area contributed by atoms with Gasteiger partial charge in [-0.1, -0.05) is 36.9 Å². The summed E-state index contributed by atoms with van der Waals surface area (Å²) in [6, 6.07) is 6.78. The molecule has 1 spiro atoms. The van der Waals surface area contributed by atoms with Crippen LogP contribution in [0.1, 0.15) is 49.0 Å². The van der Waals surface area contributed by atoms with Gasteiger partial charge in [-0.05, 0) is 42.9 Å². The molecule has 1 aliphatic carbocycles. The minimum absolute atomic E-state index is 0.0585. The largest absolute Gasteiger partial charge is 0.368 e. The van der Waals surface area contributed by atoms with Crippen molar-refractivity contribution in [2.24, 2.45) is 11.1 Å². The fourth-order valence-electron chi connectivity index (χ4n) is 4.56. The van der Waals surface area contributed by atoms with E-state index in [0.29, 0.717) is 23.7 Å². The Morgan fingerprint density at radius 1 is 1.20 bits per heavy atom. The molecule has 3 N–H and O–H groups in total. The van der Waals surface area contributed by atoms with Crippen LogP contribution in [0.25, 0.3) is 10.9 Å². The normalized spacial score (nSPS) is 22.6. The molecule has 0 radical (unpaired) electrons. The summed E-state index contributed by atoms with van der Waals surface area (Å²) in [5.41, 5.74) is 6.99. The molecule has 5 nitrogen and oxygen atoms in total. The first-order chi connectivity index (χ1) is 12.0. The molecular weight excluding hydrogens is 338 g/mol. The summed E-state index contributed by atoms with van der Waals surface area (Å²) < 4.78 is 0. The third-order valence-electron chi connectivity index (χ3n) is 5.83. The fraction of sp³-hybridized carbons (Fsp3) is 0.474. The summed E-state index contributed by atoms with van der Waals surface area (Å²) in [5.74, 6) is -0.562. The van der Waals surface area contributed by atoms with Gasteiger partial charge in [0, 0.05) is 22.5 Å². The van der Waals surface area contributed by atoms with E-state index < -0.39 is 11.9 Å². The van der Waals surface area contributed by atoms with Crippen LogP contribution in [0.3, 0.4) is 0 Å². The van der Waals surface area contributed by atoms with Crippen LogP contribution >= 0.6 is 11.6 Å². The highest BCUT2D eigenvalue weighted by Crippen LogP contribution is 2.46. The van der Waals surface area contributed by atoms with Crippen LogP contribution in [0.15, 0.2) is 24.3 Å². The number of nitrogens with one attached hydrogen (secondary N) is 1. The summed E-state index contributed by atoms with van der Waals surface area (Å²) in [4.78, 5) is 29.9. The summed E-state index contributed by atoms with van der Waals surface area (Å²) in [6.45, 7) is 0.621. The van der Waals surface area contributed by atoms with E-state index in [1.54, 1.807) is 17.0 Å². The Morgan fingerprint density at radius 3 is 2.68 bits per heavy atom. The molecule has 4 rings (SSSR count). The maximum Gasteiger partial charge on any atom is 0.271 e. The van der Waals surface area contributed by atoms with Crippen LogP contribution in [-0.4, -0.2) is 34.3 Å². The van der Waals surface area contributed by atoms with Crippen molar-refractivity contribution in [2.45, 2.75) is 44.6 Å². The van der Waals surface area contributed by atoms with Gasteiger partial charge in [0.05, 0.1) is 0 Å². The minimum atomic E-state index is -0.513. The molecule has 1 saturated heterocycles. The SMILES string of the molecule is NC(=O)C1CC2(CCCCC2)CN1C(=O)c1cc2ccc(Cl)cc2[nH]1. The molecule has 1 unspecified atom stereocenters. The van der Waals surface area contributed by atoms with Gasteiger partial charge in [-0.25, -0.2) is 0 Å². The van der Waals surface area contributed by atoms with Crippen molar-refractivity contribution in [3.63, 3.8) is 0 Å². The van der Waals surface area contributed by atoms with Gasteiger partial charge in [-0.2, -0.15) is 0 Å². The van der Waals surface area contributed by atoms with Crippen LogP contribution < -0.4 is 5.73 Å². The van der Waals surface area contributed by atoms with E-state index >= 15 is 0 Å². The number of carbonyl (C=O) groups is 2. The monoisotopic (exact) mass is 359 g/mol. The number of primary amides is 1. The fourth-order valence-corrected chi connectivity index (χ4v) is 4.73. The maximum absolute atomic E-state index is 13.1. The number of H-pyrrole nitrogens is 1. The zero-order valence-corrected chi connectivity index (χ0v) is 14.8. The average molecular weight is 360 g/mol. The Kier molecular flexibility index (Phi) is 3.99. The number of amides is 2. The highest BCUT2D eigenvalue weighted by atomic mass is 35.5. The number of nitrogens with zero attached hydrogens (tertiary/aromatic N) is 1. The number of hydrogen-bond acceptors (Lipinski definition) is 2. The quantitative estimate of drug-likeness (QED) is 0.861. The number of likely N-dealkylation sites (tertiary alicyclic amines) is 1. The summed E-state index contributed by atoms with van der Waals surface area (Å²) in [7, 11) is 0. The Hall–Kier alpha value is -2.01. The van der Waals surface area contributed by atoms with Crippen LogP contribution in [0.4, 0.5) is 0 Å². The van der Waals surface area contributed by atoms with E-state index in [2.05, 4.69) is 4.98 Å². The molecule has 2 amide bonds. The number of fused-ring (bicyclic) bond motifs is 1. The second-order valence-electron chi connectivity index (χ2n) is 7.53. The van der Waals surface area contributed by atoms with Gasteiger partial charge in [0.15, 0.2) is 0 Å². The van der Waals surface area contributed by atoms with E-state index in [0.717, 1.165) is 23.7 Å². The van der Waals surface area contributed by atoms with E-state index in [-0.39, 0.29) is 11.3 Å². The molecule has 6 heteroatoms. The van der Waals surface area contributed by atoms with Crippen LogP contribution in [0, 0.1) is 5.41 Å². The molecular formula is C19H22ClN3O2. The van der Waals surface area contributed by atoms with Crippen molar-refractivity contribution in [2.75, 3.05) is 6.54 Å². The number of aromatic nitrogens is 1. The van der Waals surface area contributed by atoms with Crippen LogP contribution in [0.5, 0.6) is 0 Å². The molecule has 132 valence electrons. The van der Waals surface area contributed by atoms with Crippen molar-refractivity contribution in [3.8, 4) is 0 Å². The molecule has 2 fully saturated rings. The number of aromatic amines is 1. The van der Waals surface area contributed by atoms with Gasteiger partial charge in [-0.3, -0.25) is 9.59 Å². The summed E-state index contributed by atoms with van der Waals surface area (Å²) in [5, 5.41) is 1.54. The summed E-state index contributed by atoms with van der Waals surface area (Å²) >= 11 is 6.02. The van der Waals surface area contributed by atoms with Crippen LogP contribution in [-0.2, 0) is 4.79 Å². The van der Waals surface area contributed by atoms with Gasteiger partial charge in [0.1, 0.15) is 11.7 Å². The van der Waals surface area contributed by atoms with Crippen molar-refractivity contribution in [3.05, 3.63) is 35.0 Å². The zero-order chi connectivity index (χ0) is 17.6. The number of benzene rings is 1. The molecule has 1 aromatic heterocycles. The van der Waals surface area contributed by atoms with Gasteiger partial charge in [0.2, 0.25) is 5.91 Å². The molecule has 1 atom stereocenters. The van der Waals surface area contributed by atoms with Gasteiger partial charge < -0.3 is 15.6 Å². The van der Waals surface area contributed by atoms with E-state index in [1.807, 2.05) is 12.1 Å². The topological polar surface area (TPSA) is 79.2 Å². The zero-order valence-electron chi connectivity index (χ0n) is 14.1. The Labute approximate surface area is 151 Å². The van der Waals surface area contributed by atoms with Gasteiger partial charge in [-0.15, -0.1) is 0 Å². The third-order valence-corrected chi connectivity index (χ3v) is 6.06. The molecule has 2 aliphatic rings. The predicted molar refractivity (Wildman–Crippen MR) is 97.5 cm³/mol. The first kappa shape index (κ1) is 16.5. The Bertz CT molecular complexity index is 838. The molecule has 1 aliphatic heterocycles. The van der Waals surface area contributed by atoms with Gasteiger partial charge >= 0.3 is 0 Å². The average Bonchev–Trinajstić information content (AvgIpc) is 3.16. The van der Waals surface area contributed by atoms with E-state index in [4.69, 9.17) is 17.3 Å². The van der Waals surface area contributed by atoms with Crippen molar-refractivity contribution in [1.82, 2.24) is 9.88 Å². The van der Waals surface area contributed by atoms with Gasteiger partial charge in [0.25, 0.3) is 5.91 Å². The summed E-state index contributed by atoms with van der Waals surface area (Å²) in [6.07, 6.45) is 6.41. The molecule has 0 bridgehead atoms. The standard InChI is InChI=1S/C19H22ClN3O2/c20-13-5-4-12-8-15(22-14(12)9-13)18(25)23-11-19(6-2-1-3-7-19)10-16(23)17(21)24/h4-5,8-9,16,22H,1-3,6-7,10-11H2,(H2,21,24). The van der Waals surface area contributed by atoms with Crippen molar-refractivity contribution in [1.29, 1.82) is 0 Å². The van der Waals surface area contributed by atoms with Crippen molar-refractivity contribution >= 4 is 34.3 Å².